The lowest BCUT2D eigenvalue weighted by Crippen LogP contribution is -2.06. The minimum Gasteiger partial charge on any atom is -0.384 e. The van der Waals surface area contributed by atoms with Crippen molar-refractivity contribution in [2.45, 2.75) is 20.3 Å². The van der Waals surface area contributed by atoms with Crippen LogP contribution < -0.4 is 5.32 Å². The second kappa shape index (κ2) is 6.85. The molecule has 1 N–H and O–H groups in total. The Hall–Kier alpha value is -0.540. The molecular formula is C12H18BrNO. The molecule has 0 heterocycles. The molecule has 0 saturated heterocycles. The Morgan fingerprint density at radius 2 is 2.20 bits per heavy atom. The number of hydrogen-bond donors (Lipinski definition) is 1. The first-order chi connectivity index (χ1) is 7.25. The highest BCUT2D eigenvalue weighted by Gasteiger charge is 2.00. The molecule has 1 aromatic carbocycles. The zero-order chi connectivity index (χ0) is 11.1. The average Bonchev–Trinajstić information content (AvgIpc) is 2.24. The second-order valence-corrected chi connectivity index (χ2v) is 4.21. The lowest BCUT2D eigenvalue weighted by atomic mass is 10.2. The summed E-state index contributed by atoms with van der Waals surface area (Å²) < 4.78 is 6.43. The summed E-state index contributed by atoms with van der Waals surface area (Å²) in [5.41, 5.74) is 2.41. The summed E-state index contributed by atoms with van der Waals surface area (Å²) in [7, 11) is 0. The summed E-state index contributed by atoms with van der Waals surface area (Å²) in [5.74, 6) is 0. The molecule has 0 atom stereocenters. The average molecular weight is 272 g/mol. The Bertz CT molecular complexity index is 302. The van der Waals surface area contributed by atoms with Crippen LogP contribution in [0, 0.1) is 6.92 Å². The summed E-state index contributed by atoms with van der Waals surface area (Å²) in [6.45, 7) is 6.68. The fraction of sp³-hybridized carbons (Fsp3) is 0.500. The SMILES string of the molecule is CCOCCCNc1cccc(C)c1Br. The Balaban J connectivity index is 2.34. The van der Waals surface area contributed by atoms with Gasteiger partial charge in [0.25, 0.3) is 0 Å². The molecule has 0 aliphatic heterocycles. The summed E-state index contributed by atoms with van der Waals surface area (Å²) in [6, 6.07) is 6.23. The van der Waals surface area contributed by atoms with Crippen LogP contribution in [0.25, 0.3) is 0 Å². The summed E-state index contributed by atoms with van der Waals surface area (Å²) in [6.07, 6.45) is 1.04. The van der Waals surface area contributed by atoms with E-state index in [0.29, 0.717) is 0 Å². The second-order valence-electron chi connectivity index (χ2n) is 3.41. The van der Waals surface area contributed by atoms with E-state index >= 15 is 0 Å². The van der Waals surface area contributed by atoms with Crippen LogP contribution in [-0.4, -0.2) is 19.8 Å². The molecule has 0 aromatic heterocycles. The van der Waals surface area contributed by atoms with Gasteiger partial charge in [-0.15, -0.1) is 0 Å². The van der Waals surface area contributed by atoms with E-state index in [1.165, 1.54) is 5.56 Å². The van der Waals surface area contributed by atoms with Gasteiger partial charge in [0.05, 0.1) is 0 Å². The minimum atomic E-state index is 0.800. The van der Waals surface area contributed by atoms with E-state index in [1.807, 2.05) is 6.92 Å². The third-order valence-corrected chi connectivity index (χ3v) is 3.23. The molecule has 0 radical (unpaired) electrons. The highest BCUT2D eigenvalue weighted by Crippen LogP contribution is 2.25. The molecule has 15 heavy (non-hydrogen) atoms. The van der Waals surface area contributed by atoms with E-state index in [2.05, 4.69) is 46.4 Å². The van der Waals surface area contributed by atoms with Gasteiger partial charge in [0, 0.05) is 29.9 Å². The molecule has 0 aliphatic carbocycles. The van der Waals surface area contributed by atoms with Crippen LogP contribution in [0.5, 0.6) is 0 Å². The first-order valence-corrected chi connectivity index (χ1v) is 6.11. The van der Waals surface area contributed by atoms with Crippen molar-refractivity contribution in [3.05, 3.63) is 28.2 Å². The molecule has 0 unspecified atom stereocenters. The fourth-order valence-electron chi connectivity index (χ4n) is 1.33. The fourth-order valence-corrected chi connectivity index (χ4v) is 1.73. The van der Waals surface area contributed by atoms with E-state index < -0.39 is 0 Å². The molecule has 84 valence electrons. The van der Waals surface area contributed by atoms with Gasteiger partial charge < -0.3 is 10.1 Å². The first-order valence-electron chi connectivity index (χ1n) is 5.32. The van der Waals surface area contributed by atoms with Gasteiger partial charge in [-0.2, -0.15) is 0 Å². The van der Waals surface area contributed by atoms with Gasteiger partial charge in [-0.05, 0) is 47.8 Å². The van der Waals surface area contributed by atoms with Crippen molar-refractivity contribution in [3.63, 3.8) is 0 Å². The number of hydrogen-bond acceptors (Lipinski definition) is 2. The van der Waals surface area contributed by atoms with Gasteiger partial charge in [0.15, 0.2) is 0 Å². The van der Waals surface area contributed by atoms with Crippen LogP contribution in [0.2, 0.25) is 0 Å². The molecule has 1 rings (SSSR count). The number of aryl methyl sites for hydroxylation is 1. The number of ether oxygens (including phenoxy) is 1. The van der Waals surface area contributed by atoms with E-state index in [9.17, 15) is 0 Å². The van der Waals surface area contributed by atoms with E-state index in [1.54, 1.807) is 0 Å². The monoisotopic (exact) mass is 271 g/mol. The maximum Gasteiger partial charge on any atom is 0.0487 e. The smallest absolute Gasteiger partial charge is 0.0487 e. The van der Waals surface area contributed by atoms with Crippen molar-refractivity contribution >= 4 is 21.6 Å². The normalized spacial score (nSPS) is 10.3. The molecule has 3 heteroatoms. The molecular weight excluding hydrogens is 254 g/mol. The van der Waals surface area contributed by atoms with Gasteiger partial charge in [0.1, 0.15) is 0 Å². The van der Waals surface area contributed by atoms with Crippen molar-refractivity contribution in [2.24, 2.45) is 0 Å². The molecule has 0 bridgehead atoms. The van der Waals surface area contributed by atoms with Crippen LogP contribution in [-0.2, 0) is 4.74 Å². The Labute approximate surface area is 100 Å². The van der Waals surface area contributed by atoms with Crippen LogP contribution in [0.4, 0.5) is 5.69 Å². The number of anilines is 1. The van der Waals surface area contributed by atoms with Gasteiger partial charge in [0.2, 0.25) is 0 Å². The molecule has 0 saturated carbocycles. The summed E-state index contributed by atoms with van der Waals surface area (Å²) in [5, 5.41) is 3.39. The van der Waals surface area contributed by atoms with Crippen molar-refractivity contribution in [3.8, 4) is 0 Å². The maximum atomic E-state index is 5.27. The lowest BCUT2D eigenvalue weighted by molar-refractivity contribution is 0.147. The summed E-state index contributed by atoms with van der Waals surface area (Å²) >= 11 is 3.57. The molecule has 1 aromatic rings. The maximum absolute atomic E-state index is 5.27. The quantitative estimate of drug-likeness (QED) is 0.799. The lowest BCUT2D eigenvalue weighted by Gasteiger charge is -2.09. The van der Waals surface area contributed by atoms with Gasteiger partial charge in [-0.1, -0.05) is 12.1 Å². The largest absolute Gasteiger partial charge is 0.384 e. The predicted octanol–water partition coefficient (Wildman–Crippen LogP) is 3.60. The Kier molecular flexibility index (Phi) is 5.73. The molecule has 0 fully saturated rings. The predicted molar refractivity (Wildman–Crippen MR) is 68.5 cm³/mol. The van der Waals surface area contributed by atoms with Gasteiger partial charge >= 0.3 is 0 Å². The van der Waals surface area contributed by atoms with Crippen LogP contribution in [0.1, 0.15) is 18.9 Å². The standard InChI is InChI=1S/C12H18BrNO/c1-3-15-9-5-8-14-11-7-4-6-10(2)12(11)13/h4,6-7,14H,3,5,8-9H2,1-2H3. The topological polar surface area (TPSA) is 21.3 Å². The van der Waals surface area contributed by atoms with Crippen molar-refractivity contribution in [2.75, 3.05) is 25.1 Å². The zero-order valence-electron chi connectivity index (χ0n) is 9.35. The van der Waals surface area contributed by atoms with Crippen LogP contribution in [0.15, 0.2) is 22.7 Å². The first kappa shape index (κ1) is 12.5. The number of halogens is 1. The van der Waals surface area contributed by atoms with Crippen LogP contribution >= 0.6 is 15.9 Å². The number of benzene rings is 1. The highest BCUT2D eigenvalue weighted by molar-refractivity contribution is 9.10. The minimum absolute atomic E-state index is 0.800. The highest BCUT2D eigenvalue weighted by atomic mass is 79.9. The molecule has 0 spiro atoms. The molecule has 2 nitrogen and oxygen atoms in total. The number of nitrogens with one attached hydrogen (secondary N) is 1. The van der Waals surface area contributed by atoms with E-state index in [4.69, 9.17) is 4.74 Å². The van der Waals surface area contributed by atoms with E-state index in [0.717, 1.165) is 36.3 Å². The van der Waals surface area contributed by atoms with Crippen LogP contribution in [0.3, 0.4) is 0 Å². The Morgan fingerprint density at radius 3 is 2.93 bits per heavy atom. The molecule has 0 aliphatic rings. The van der Waals surface area contributed by atoms with Gasteiger partial charge in [-0.3, -0.25) is 0 Å². The van der Waals surface area contributed by atoms with Gasteiger partial charge in [-0.25, -0.2) is 0 Å². The Morgan fingerprint density at radius 1 is 1.40 bits per heavy atom. The third-order valence-electron chi connectivity index (χ3n) is 2.18. The summed E-state index contributed by atoms with van der Waals surface area (Å²) in [4.78, 5) is 0. The molecule has 0 amide bonds. The van der Waals surface area contributed by atoms with E-state index in [-0.39, 0.29) is 0 Å². The zero-order valence-corrected chi connectivity index (χ0v) is 10.9. The van der Waals surface area contributed by atoms with Crippen molar-refractivity contribution < 1.29 is 4.74 Å². The van der Waals surface area contributed by atoms with Crippen molar-refractivity contribution in [1.29, 1.82) is 0 Å². The number of rotatable bonds is 6. The third kappa shape index (κ3) is 4.22. The van der Waals surface area contributed by atoms with Crippen molar-refractivity contribution in [1.82, 2.24) is 0 Å².